The van der Waals surface area contributed by atoms with Crippen molar-refractivity contribution in [3.8, 4) is 11.5 Å². The number of hydrogen-bond acceptors (Lipinski definition) is 8. The second kappa shape index (κ2) is 16.7. The number of amides is 4. The van der Waals surface area contributed by atoms with Crippen LogP contribution in [-0.2, 0) is 9.59 Å². The predicted molar refractivity (Wildman–Crippen MR) is 192 cm³/mol. The van der Waals surface area contributed by atoms with Gasteiger partial charge in [0.15, 0.2) is 0 Å². The Bertz CT molecular complexity index is 1670. The first-order chi connectivity index (χ1) is 23.2. The van der Waals surface area contributed by atoms with E-state index in [4.69, 9.17) is 9.47 Å². The van der Waals surface area contributed by atoms with Crippen molar-refractivity contribution in [2.24, 2.45) is 0 Å². The van der Waals surface area contributed by atoms with Gasteiger partial charge in [-0.1, -0.05) is 98.8 Å². The first kappa shape index (κ1) is 34.3. The first-order valence-corrected chi connectivity index (χ1v) is 16.9. The van der Waals surface area contributed by atoms with E-state index in [0.717, 1.165) is 46.1 Å². The standard InChI is InChI=1S/2C19H17NO3S/c2*1-13(15-5-3-2-4-6-15)12-23-16-9-7-14(8-10-16)11-17-18(21)20-19(22)24-17/h2*2-11,13H,12H2,1H3,(H,20,21,22). The maximum Gasteiger partial charge on any atom is 0.290 e. The van der Waals surface area contributed by atoms with Crippen LogP contribution in [0.5, 0.6) is 11.5 Å². The zero-order chi connectivity index (χ0) is 33.9. The minimum Gasteiger partial charge on any atom is -0.493 e. The number of imide groups is 2. The second-order valence-electron chi connectivity index (χ2n) is 11.1. The molecule has 6 rings (SSSR count). The summed E-state index contributed by atoms with van der Waals surface area (Å²) in [5.74, 6) is 1.47. The molecule has 2 aliphatic rings. The highest BCUT2D eigenvalue weighted by Crippen LogP contribution is 2.28. The number of nitrogens with one attached hydrogen (secondary N) is 2. The van der Waals surface area contributed by atoms with Gasteiger partial charge in [-0.15, -0.1) is 0 Å². The molecule has 2 saturated heterocycles. The lowest BCUT2D eigenvalue weighted by atomic mass is 10.0. The number of rotatable bonds is 10. The van der Waals surface area contributed by atoms with Crippen LogP contribution in [-0.4, -0.2) is 35.5 Å². The molecule has 10 heteroatoms. The van der Waals surface area contributed by atoms with E-state index in [1.807, 2.05) is 84.9 Å². The summed E-state index contributed by atoms with van der Waals surface area (Å²) >= 11 is 1.83. The third-order valence-corrected chi connectivity index (χ3v) is 9.00. The molecule has 244 valence electrons. The number of carbonyl (C=O) groups is 4. The van der Waals surface area contributed by atoms with Gasteiger partial charge in [0.25, 0.3) is 22.3 Å². The maximum atomic E-state index is 11.5. The van der Waals surface area contributed by atoms with Gasteiger partial charge in [0, 0.05) is 11.8 Å². The van der Waals surface area contributed by atoms with E-state index in [1.165, 1.54) is 11.1 Å². The highest BCUT2D eigenvalue weighted by atomic mass is 32.2. The molecular formula is C38H34N2O6S2. The van der Waals surface area contributed by atoms with E-state index in [9.17, 15) is 19.2 Å². The van der Waals surface area contributed by atoms with Gasteiger partial charge < -0.3 is 9.47 Å². The van der Waals surface area contributed by atoms with E-state index >= 15 is 0 Å². The van der Waals surface area contributed by atoms with Crippen molar-refractivity contribution < 1.29 is 28.7 Å². The predicted octanol–water partition coefficient (Wildman–Crippen LogP) is 8.39. The molecule has 2 atom stereocenters. The normalized spacial score (nSPS) is 17.0. The summed E-state index contributed by atoms with van der Waals surface area (Å²) in [7, 11) is 0. The van der Waals surface area contributed by atoms with Crippen molar-refractivity contribution in [1.82, 2.24) is 10.6 Å². The molecule has 4 amide bonds. The van der Waals surface area contributed by atoms with Crippen LogP contribution in [0.1, 0.15) is 47.9 Å². The van der Waals surface area contributed by atoms with Gasteiger partial charge in [-0.05, 0) is 82.2 Å². The third kappa shape index (κ3) is 9.97. The van der Waals surface area contributed by atoms with E-state index in [1.54, 1.807) is 12.2 Å². The van der Waals surface area contributed by atoms with Crippen molar-refractivity contribution in [3.05, 3.63) is 141 Å². The van der Waals surface area contributed by atoms with E-state index in [-0.39, 0.29) is 22.3 Å². The number of carbonyl (C=O) groups excluding carboxylic acids is 4. The van der Waals surface area contributed by atoms with E-state index < -0.39 is 0 Å². The van der Waals surface area contributed by atoms with Crippen molar-refractivity contribution in [2.75, 3.05) is 13.2 Å². The van der Waals surface area contributed by atoms with Gasteiger partial charge in [-0.2, -0.15) is 0 Å². The van der Waals surface area contributed by atoms with E-state index in [0.29, 0.717) is 34.9 Å². The molecular weight excluding hydrogens is 645 g/mol. The second-order valence-corrected chi connectivity index (χ2v) is 13.1. The summed E-state index contributed by atoms with van der Waals surface area (Å²) in [4.78, 5) is 46.2. The van der Waals surface area contributed by atoms with Crippen LogP contribution in [0.25, 0.3) is 12.2 Å². The molecule has 0 bridgehead atoms. The van der Waals surface area contributed by atoms with Crippen LogP contribution in [0.15, 0.2) is 119 Å². The smallest absolute Gasteiger partial charge is 0.290 e. The average molecular weight is 679 g/mol. The van der Waals surface area contributed by atoms with Crippen molar-refractivity contribution in [3.63, 3.8) is 0 Å². The largest absolute Gasteiger partial charge is 0.493 e. The molecule has 4 aromatic carbocycles. The van der Waals surface area contributed by atoms with Crippen molar-refractivity contribution in [1.29, 1.82) is 0 Å². The summed E-state index contributed by atoms with van der Waals surface area (Å²) in [6.45, 7) is 5.44. The van der Waals surface area contributed by atoms with Gasteiger partial charge in [0.1, 0.15) is 11.5 Å². The quantitative estimate of drug-likeness (QED) is 0.161. The Morgan fingerprint density at radius 3 is 1.21 bits per heavy atom. The monoisotopic (exact) mass is 678 g/mol. The maximum absolute atomic E-state index is 11.5. The lowest BCUT2D eigenvalue weighted by Gasteiger charge is -2.13. The molecule has 2 N–H and O–H groups in total. The molecule has 0 radical (unpaired) electrons. The summed E-state index contributed by atoms with van der Waals surface area (Å²) in [6, 6.07) is 35.4. The van der Waals surface area contributed by atoms with Gasteiger partial charge in [0.05, 0.1) is 23.0 Å². The fourth-order valence-electron chi connectivity index (χ4n) is 4.66. The van der Waals surface area contributed by atoms with Crippen molar-refractivity contribution in [2.45, 2.75) is 25.7 Å². The Labute approximate surface area is 288 Å². The lowest BCUT2D eigenvalue weighted by molar-refractivity contribution is -0.116. The molecule has 4 aromatic rings. The van der Waals surface area contributed by atoms with Crippen molar-refractivity contribution >= 4 is 58.0 Å². The number of hydrogen-bond donors (Lipinski definition) is 2. The van der Waals surface area contributed by atoms with Crippen LogP contribution in [0.2, 0.25) is 0 Å². The number of thioether (sulfide) groups is 2. The minimum atomic E-state index is -0.345. The summed E-state index contributed by atoms with van der Waals surface area (Å²) < 4.78 is 11.7. The fraction of sp³-hybridized carbons (Fsp3) is 0.158. The van der Waals surface area contributed by atoms with Gasteiger partial charge in [-0.3, -0.25) is 29.8 Å². The van der Waals surface area contributed by atoms with E-state index in [2.05, 4.69) is 48.7 Å². The van der Waals surface area contributed by atoms with Crippen LogP contribution < -0.4 is 20.1 Å². The molecule has 0 aromatic heterocycles. The van der Waals surface area contributed by atoms with Gasteiger partial charge in [0.2, 0.25) is 0 Å². The van der Waals surface area contributed by atoms with Gasteiger partial charge in [-0.25, -0.2) is 0 Å². The Balaban J connectivity index is 0.000000188. The molecule has 8 nitrogen and oxygen atoms in total. The van der Waals surface area contributed by atoms with Gasteiger partial charge >= 0.3 is 0 Å². The summed E-state index contributed by atoms with van der Waals surface area (Å²) in [6.07, 6.45) is 3.39. The average Bonchev–Trinajstić information content (AvgIpc) is 3.60. The molecule has 48 heavy (non-hydrogen) atoms. The highest BCUT2D eigenvalue weighted by molar-refractivity contribution is 8.18. The summed E-state index contributed by atoms with van der Waals surface area (Å²) in [5, 5.41) is 3.81. The topological polar surface area (TPSA) is 111 Å². The molecule has 2 unspecified atom stereocenters. The SMILES string of the molecule is CC(COc1ccc(C=C2SC(=O)NC2=O)cc1)c1ccccc1.CC(COc1ccc(C=C2SC(=O)NC2=O)cc1)c1ccccc1. The zero-order valence-electron chi connectivity index (χ0n) is 26.4. The Kier molecular flexibility index (Phi) is 11.9. The Morgan fingerprint density at radius 2 is 0.896 bits per heavy atom. The number of benzene rings is 4. The molecule has 0 saturated carbocycles. The van der Waals surface area contributed by atoms with Crippen LogP contribution in [0.4, 0.5) is 9.59 Å². The van der Waals surface area contributed by atoms with Crippen LogP contribution in [0, 0.1) is 0 Å². The molecule has 2 heterocycles. The molecule has 2 fully saturated rings. The third-order valence-electron chi connectivity index (χ3n) is 7.38. The lowest BCUT2D eigenvalue weighted by Crippen LogP contribution is -2.17. The minimum absolute atomic E-state index is 0.303. The molecule has 2 aliphatic heterocycles. The molecule has 0 aliphatic carbocycles. The summed E-state index contributed by atoms with van der Waals surface area (Å²) in [5.41, 5.74) is 4.19. The molecule has 0 spiro atoms. The fourth-order valence-corrected chi connectivity index (χ4v) is 6.03. The number of ether oxygens (including phenoxy) is 2. The van der Waals surface area contributed by atoms with Crippen LogP contribution >= 0.6 is 23.5 Å². The zero-order valence-corrected chi connectivity index (χ0v) is 28.0. The first-order valence-electron chi connectivity index (χ1n) is 15.3. The highest BCUT2D eigenvalue weighted by Gasteiger charge is 2.25. The Morgan fingerprint density at radius 1 is 0.542 bits per heavy atom. The van der Waals surface area contributed by atoms with Crippen LogP contribution in [0.3, 0.4) is 0 Å². The Hall–Kier alpha value is -5.06.